The summed E-state index contributed by atoms with van der Waals surface area (Å²) in [6, 6.07) is 0. The Hall–Kier alpha value is -1.20. The first kappa shape index (κ1) is 16.9. The van der Waals surface area contributed by atoms with Gasteiger partial charge in [0, 0.05) is 18.0 Å². The zero-order valence-corrected chi connectivity index (χ0v) is 13.3. The molecule has 0 saturated heterocycles. The first-order chi connectivity index (χ1) is 9.33. The average Bonchev–Trinajstić information content (AvgIpc) is 2.44. The highest BCUT2D eigenvalue weighted by Crippen LogP contribution is 2.17. The highest BCUT2D eigenvalue weighted by Gasteiger charge is 2.23. The smallest absolute Gasteiger partial charge is 0.271 e. The topological polar surface area (TPSA) is 80.9 Å². The third kappa shape index (κ3) is 4.15. The molecule has 5 nitrogen and oxygen atoms in total. The SMILES string of the molecule is CCC(N)(CC)CNC(=O)c1nc(C(C)C)ncc1Cl. The molecule has 0 radical (unpaired) electrons. The average molecular weight is 299 g/mol. The number of rotatable bonds is 6. The second-order valence-electron chi connectivity index (χ2n) is 5.33. The van der Waals surface area contributed by atoms with Crippen LogP contribution in [0.1, 0.15) is 62.8 Å². The van der Waals surface area contributed by atoms with Crippen LogP contribution in [0.25, 0.3) is 0 Å². The second kappa shape index (κ2) is 6.99. The fraction of sp³-hybridized carbons (Fsp3) is 0.643. The lowest BCUT2D eigenvalue weighted by atomic mass is 9.94. The van der Waals surface area contributed by atoms with Crippen LogP contribution in [0.5, 0.6) is 0 Å². The number of amides is 1. The second-order valence-corrected chi connectivity index (χ2v) is 5.74. The van der Waals surface area contributed by atoms with E-state index in [-0.39, 0.29) is 22.5 Å². The van der Waals surface area contributed by atoms with Crippen molar-refractivity contribution in [3.05, 3.63) is 22.7 Å². The van der Waals surface area contributed by atoms with Crippen molar-refractivity contribution in [3.8, 4) is 0 Å². The predicted molar refractivity (Wildman–Crippen MR) is 81.0 cm³/mol. The van der Waals surface area contributed by atoms with Gasteiger partial charge in [-0.05, 0) is 12.8 Å². The summed E-state index contributed by atoms with van der Waals surface area (Å²) < 4.78 is 0. The molecule has 20 heavy (non-hydrogen) atoms. The van der Waals surface area contributed by atoms with Gasteiger partial charge in [0.05, 0.1) is 11.2 Å². The molecule has 0 atom stereocenters. The molecule has 0 unspecified atom stereocenters. The number of nitrogens with two attached hydrogens (primary N) is 1. The summed E-state index contributed by atoms with van der Waals surface area (Å²) in [5.74, 6) is 0.430. The van der Waals surface area contributed by atoms with Gasteiger partial charge in [-0.3, -0.25) is 4.79 Å². The van der Waals surface area contributed by atoms with Crippen LogP contribution in [0.4, 0.5) is 0 Å². The van der Waals surface area contributed by atoms with Crippen molar-refractivity contribution in [1.82, 2.24) is 15.3 Å². The number of carbonyl (C=O) groups is 1. The van der Waals surface area contributed by atoms with Crippen LogP contribution in [0.15, 0.2) is 6.20 Å². The van der Waals surface area contributed by atoms with Gasteiger partial charge in [0.15, 0.2) is 0 Å². The Morgan fingerprint density at radius 3 is 2.55 bits per heavy atom. The molecular weight excluding hydrogens is 276 g/mol. The number of halogens is 1. The molecule has 0 saturated carbocycles. The summed E-state index contributed by atoms with van der Waals surface area (Å²) in [7, 11) is 0. The van der Waals surface area contributed by atoms with E-state index in [0.29, 0.717) is 12.4 Å². The van der Waals surface area contributed by atoms with Crippen LogP contribution >= 0.6 is 11.6 Å². The van der Waals surface area contributed by atoms with Gasteiger partial charge < -0.3 is 11.1 Å². The van der Waals surface area contributed by atoms with Crippen molar-refractivity contribution >= 4 is 17.5 Å². The van der Waals surface area contributed by atoms with E-state index in [9.17, 15) is 4.79 Å². The first-order valence-corrected chi connectivity index (χ1v) is 7.30. The van der Waals surface area contributed by atoms with Crippen LogP contribution < -0.4 is 11.1 Å². The van der Waals surface area contributed by atoms with Crippen LogP contribution in [-0.4, -0.2) is 28.0 Å². The zero-order valence-electron chi connectivity index (χ0n) is 12.5. The standard InChI is InChI=1S/C14H23ClN4O/c1-5-14(16,6-2)8-18-13(20)11-10(15)7-17-12(19-11)9(3)4/h7,9H,5-6,8,16H2,1-4H3,(H,18,20). The maximum Gasteiger partial charge on any atom is 0.271 e. The molecule has 1 aromatic heterocycles. The summed E-state index contributed by atoms with van der Waals surface area (Å²) in [5, 5.41) is 3.06. The minimum atomic E-state index is -0.393. The lowest BCUT2D eigenvalue weighted by molar-refractivity contribution is 0.0937. The van der Waals surface area contributed by atoms with Gasteiger partial charge in [0.1, 0.15) is 11.5 Å². The fourth-order valence-electron chi connectivity index (χ4n) is 1.66. The summed E-state index contributed by atoms with van der Waals surface area (Å²) in [5.41, 5.74) is 5.97. The van der Waals surface area contributed by atoms with Crippen LogP contribution in [0, 0.1) is 0 Å². The third-order valence-corrected chi connectivity index (χ3v) is 3.78. The Morgan fingerprint density at radius 1 is 1.45 bits per heavy atom. The quantitative estimate of drug-likeness (QED) is 0.845. The van der Waals surface area contributed by atoms with E-state index in [1.807, 2.05) is 27.7 Å². The molecule has 6 heteroatoms. The van der Waals surface area contributed by atoms with Gasteiger partial charge in [0.25, 0.3) is 5.91 Å². The predicted octanol–water partition coefficient (Wildman–Crippen LogP) is 2.50. The Labute approximate surface area is 125 Å². The van der Waals surface area contributed by atoms with Crippen molar-refractivity contribution in [2.75, 3.05) is 6.54 Å². The summed E-state index contributed by atoms with van der Waals surface area (Å²) in [4.78, 5) is 20.5. The Bertz CT molecular complexity index is 472. The van der Waals surface area contributed by atoms with E-state index in [1.54, 1.807) is 0 Å². The molecule has 1 heterocycles. The molecule has 0 spiro atoms. The highest BCUT2D eigenvalue weighted by molar-refractivity contribution is 6.33. The minimum Gasteiger partial charge on any atom is -0.349 e. The molecule has 1 aromatic rings. The molecule has 112 valence electrons. The molecule has 0 aromatic carbocycles. The summed E-state index contributed by atoms with van der Waals surface area (Å²) in [6.45, 7) is 8.33. The van der Waals surface area contributed by atoms with E-state index < -0.39 is 5.54 Å². The van der Waals surface area contributed by atoms with E-state index in [4.69, 9.17) is 17.3 Å². The maximum absolute atomic E-state index is 12.2. The van der Waals surface area contributed by atoms with Crippen molar-refractivity contribution in [1.29, 1.82) is 0 Å². The van der Waals surface area contributed by atoms with E-state index in [0.717, 1.165) is 12.8 Å². The number of nitrogens with one attached hydrogen (secondary N) is 1. The molecule has 1 amide bonds. The Balaban J connectivity index is 2.85. The van der Waals surface area contributed by atoms with Gasteiger partial charge in [-0.1, -0.05) is 39.3 Å². The third-order valence-electron chi connectivity index (χ3n) is 3.50. The largest absolute Gasteiger partial charge is 0.349 e. The number of hydrogen-bond acceptors (Lipinski definition) is 4. The molecule has 1 rings (SSSR count). The normalized spacial score (nSPS) is 11.8. The summed E-state index contributed by atoms with van der Waals surface area (Å²) >= 11 is 6.00. The first-order valence-electron chi connectivity index (χ1n) is 6.92. The number of aromatic nitrogens is 2. The van der Waals surface area contributed by atoms with Crippen molar-refractivity contribution in [2.45, 2.75) is 52.0 Å². The molecule has 3 N–H and O–H groups in total. The summed E-state index contributed by atoms with van der Waals surface area (Å²) in [6.07, 6.45) is 3.05. The van der Waals surface area contributed by atoms with E-state index >= 15 is 0 Å². The number of hydrogen-bond donors (Lipinski definition) is 2. The monoisotopic (exact) mass is 298 g/mol. The fourth-order valence-corrected chi connectivity index (χ4v) is 1.84. The molecule has 0 fully saturated rings. The van der Waals surface area contributed by atoms with Crippen molar-refractivity contribution in [3.63, 3.8) is 0 Å². The van der Waals surface area contributed by atoms with Crippen LogP contribution in [0.3, 0.4) is 0 Å². The minimum absolute atomic E-state index is 0.138. The maximum atomic E-state index is 12.2. The van der Waals surface area contributed by atoms with Crippen molar-refractivity contribution < 1.29 is 4.79 Å². The lowest BCUT2D eigenvalue weighted by Crippen LogP contribution is -2.49. The van der Waals surface area contributed by atoms with E-state index in [2.05, 4.69) is 15.3 Å². The highest BCUT2D eigenvalue weighted by atomic mass is 35.5. The molecule has 0 bridgehead atoms. The molecule has 0 aliphatic rings. The van der Waals surface area contributed by atoms with Gasteiger partial charge in [-0.2, -0.15) is 0 Å². The number of carbonyl (C=O) groups excluding carboxylic acids is 1. The van der Waals surface area contributed by atoms with Gasteiger partial charge in [-0.25, -0.2) is 9.97 Å². The molecular formula is C14H23ClN4O. The molecule has 0 aliphatic heterocycles. The van der Waals surface area contributed by atoms with Crippen LogP contribution in [-0.2, 0) is 0 Å². The Kier molecular flexibility index (Phi) is 5.89. The van der Waals surface area contributed by atoms with Gasteiger partial charge >= 0.3 is 0 Å². The van der Waals surface area contributed by atoms with Gasteiger partial charge in [-0.15, -0.1) is 0 Å². The van der Waals surface area contributed by atoms with Crippen LogP contribution in [0.2, 0.25) is 5.02 Å². The molecule has 0 aliphatic carbocycles. The van der Waals surface area contributed by atoms with E-state index in [1.165, 1.54) is 6.20 Å². The number of nitrogens with zero attached hydrogens (tertiary/aromatic N) is 2. The van der Waals surface area contributed by atoms with Gasteiger partial charge in [0.2, 0.25) is 0 Å². The Morgan fingerprint density at radius 2 is 2.05 bits per heavy atom. The lowest BCUT2D eigenvalue weighted by Gasteiger charge is -2.26. The van der Waals surface area contributed by atoms with Crippen molar-refractivity contribution in [2.24, 2.45) is 5.73 Å². The zero-order chi connectivity index (χ0) is 15.3.